The molecule has 0 aromatic heterocycles. The van der Waals surface area contributed by atoms with E-state index in [1.165, 1.54) is 6.07 Å². The van der Waals surface area contributed by atoms with Gasteiger partial charge in [-0.15, -0.1) is 0 Å². The summed E-state index contributed by atoms with van der Waals surface area (Å²) in [4.78, 5) is 11.5. The second-order valence-electron chi connectivity index (χ2n) is 6.51. The first-order valence-electron chi connectivity index (χ1n) is 8.00. The van der Waals surface area contributed by atoms with Crippen LogP contribution in [0.2, 0.25) is 0 Å². The molecule has 0 bridgehead atoms. The zero-order valence-corrected chi connectivity index (χ0v) is 14.6. The molecule has 0 spiro atoms. The van der Waals surface area contributed by atoms with Gasteiger partial charge in [0, 0.05) is 12.1 Å². The van der Waals surface area contributed by atoms with Gasteiger partial charge in [0.1, 0.15) is 23.8 Å². The molecule has 0 aliphatic carbocycles. The number of halogens is 1. The monoisotopic (exact) mass is 346 g/mol. The molecule has 0 saturated carbocycles. The Bertz CT molecular complexity index is 700. The Morgan fingerprint density at radius 1 is 1.12 bits per heavy atom. The van der Waals surface area contributed by atoms with Gasteiger partial charge >= 0.3 is 6.09 Å². The van der Waals surface area contributed by atoms with Gasteiger partial charge in [-0.2, -0.15) is 0 Å². The fourth-order valence-corrected chi connectivity index (χ4v) is 2.03. The third kappa shape index (κ3) is 6.81. The van der Waals surface area contributed by atoms with E-state index in [0.717, 1.165) is 5.56 Å². The fourth-order valence-electron chi connectivity index (χ4n) is 2.03. The van der Waals surface area contributed by atoms with Crippen molar-refractivity contribution in [1.29, 1.82) is 0 Å². The van der Waals surface area contributed by atoms with Gasteiger partial charge in [-0.3, -0.25) is 5.43 Å². The molecule has 0 aliphatic rings. The summed E-state index contributed by atoms with van der Waals surface area (Å²) < 4.78 is 24.6. The third-order valence-electron chi connectivity index (χ3n) is 3.13. The molecular formula is C19H23FN2O3. The van der Waals surface area contributed by atoms with Crippen molar-refractivity contribution in [3.05, 3.63) is 65.5 Å². The molecule has 0 heterocycles. The lowest BCUT2D eigenvalue weighted by Crippen LogP contribution is -2.40. The van der Waals surface area contributed by atoms with E-state index in [-0.39, 0.29) is 12.4 Å². The van der Waals surface area contributed by atoms with Crippen LogP contribution in [0.15, 0.2) is 48.5 Å². The standard InChI is InChI=1S/C19H23FN2O3/c1-19(2,3)25-18(23)22-21-12-15-11-16(9-10-17(15)20)24-13-14-7-5-4-6-8-14/h4-11,21H,12-13H2,1-3H3,(H,22,23). The average Bonchev–Trinajstić information content (AvgIpc) is 2.54. The smallest absolute Gasteiger partial charge is 0.422 e. The Labute approximate surface area is 147 Å². The maximum Gasteiger partial charge on any atom is 0.422 e. The molecule has 5 nitrogen and oxygen atoms in total. The Morgan fingerprint density at radius 3 is 2.52 bits per heavy atom. The number of amides is 1. The summed E-state index contributed by atoms with van der Waals surface area (Å²) in [5.74, 6) is 0.171. The Hall–Kier alpha value is -2.60. The molecule has 25 heavy (non-hydrogen) atoms. The summed E-state index contributed by atoms with van der Waals surface area (Å²) in [6.07, 6.45) is -0.621. The van der Waals surface area contributed by atoms with Gasteiger partial charge in [0.05, 0.1) is 0 Å². The highest BCUT2D eigenvalue weighted by Crippen LogP contribution is 2.18. The molecule has 2 N–H and O–H groups in total. The molecule has 2 aromatic rings. The summed E-state index contributed by atoms with van der Waals surface area (Å²) in [5.41, 5.74) is 5.83. The molecule has 0 saturated heterocycles. The second-order valence-corrected chi connectivity index (χ2v) is 6.51. The van der Waals surface area contributed by atoms with Crippen LogP contribution < -0.4 is 15.6 Å². The lowest BCUT2D eigenvalue weighted by molar-refractivity contribution is 0.0496. The first-order valence-corrected chi connectivity index (χ1v) is 8.00. The van der Waals surface area contributed by atoms with Gasteiger partial charge < -0.3 is 9.47 Å². The van der Waals surface area contributed by atoms with Gasteiger partial charge in [0.15, 0.2) is 0 Å². The molecule has 2 aromatic carbocycles. The van der Waals surface area contributed by atoms with Crippen molar-refractivity contribution in [3.8, 4) is 5.75 Å². The quantitative estimate of drug-likeness (QED) is 0.778. The normalized spacial score (nSPS) is 11.0. The van der Waals surface area contributed by atoms with Gasteiger partial charge in [-0.1, -0.05) is 30.3 Å². The molecule has 0 aliphatic heterocycles. The van der Waals surface area contributed by atoms with E-state index < -0.39 is 11.7 Å². The summed E-state index contributed by atoms with van der Waals surface area (Å²) >= 11 is 0. The van der Waals surface area contributed by atoms with Crippen molar-refractivity contribution >= 4 is 6.09 Å². The minimum Gasteiger partial charge on any atom is -0.489 e. The van der Waals surface area contributed by atoms with Crippen molar-refractivity contribution in [2.75, 3.05) is 0 Å². The van der Waals surface area contributed by atoms with E-state index in [4.69, 9.17) is 9.47 Å². The van der Waals surface area contributed by atoms with Crippen molar-refractivity contribution in [2.24, 2.45) is 0 Å². The van der Waals surface area contributed by atoms with Gasteiger partial charge in [-0.25, -0.2) is 14.6 Å². The fraction of sp³-hybridized carbons (Fsp3) is 0.316. The van der Waals surface area contributed by atoms with Crippen LogP contribution in [0.5, 0.6) is 5.75 Å². The summed E-state index contributed by atoms with van der Waals surface area (Å²) in [7, 11) is 0. The largest absolute Gasteiger partial charge is 0.489 e. The maximum absolute atomic E-state index is 13.9. The van der Waals surface area contributed by atoms with E-state index in [2.05, 4.69) is 10.9 Å². The van der Waals surface area contributed by atoms with Crippen LogP contribution >= 0.6 is 0 Å². The number of nitrogens with one attached hydrogen (secondary N) is 2. The molecule has 0 unspecified atom stereocenters. The third-order valence-corrected chi connectivity index (χ3v) is 3.13. The molecule has 0 radical (unpaired) electrons. The van der Waals surface area contributed by atoms with E-state index >= 15 is 0 Å². The van der Waals surface area contributed by atoms with Crippen LogP contribution in [0, 0.1) is 5.82 Å². The SMILES string of the molecule is CC(C)(C)OC(=O)NNCc1cc(OCc2ccccc2)ccc1F. The molecular weight excluding hydrogens is 323 g/mol. The molecule has 1 amide bonds. The van der Waals surface area contributed by atoms with Crippen LogP contribution in [0.1, 0.15) is 31.9 Å². The number of hydrogen-bond donors (Lipinski definition) is 2. The summed E-state index contributed by atoms with van der Waals surface area (Å²) in [6.45, 7) is 5.79. The van der Waals surface area contributed by atoms with E-state index in [1.54, 1.807) is 32.9 Å². The number of carbonyl (C=O) groups excluding carboxylic acids is 1. The number of carbonyl (C=O) groups is 1. The lowest BCUT2D eigenvalue weighted by Gasteiger charge is -2.19. The predicted octanol–water partition coefficient (Wildman–Crippen LogP) is 3.93. The Balaban J connectivity index is 1.87. The number of hydrogen-bond acceptors (Lipinski definition) is 4. The topological polar surface area (TPSA) is 59.6 Å². The number of rotatable bonds is 6. The van der Waals surface area contributed by atoms with Crippen molar-refractivity contribution < 1.29 is 18.7 Å². The lowest BCUT2D eigenvalue weighted by atomic mass is 10.2. The predicted molar refractivity (Wildman–Crippen MR) is 93.4 cm³/mol. The maximum atomic E-state index is 13.9. The van der Waals surface area contributed by atoms with Gasteiger partial charge in [0.25, 0.3) is 0 Å². The molecule has 0 fully saturated rings. The first-order chi connectivity index (χ1) is 11.8. The zero-order chi connectivity index (χ0) is 18.3. The van der Waals surface area contributed by atoms with E-state index in [0.29, 0.717) is 17.9 Å². The summed E-state index contributed by atoms with van der Waals surface area (Å²) in [6, 6.07) is 14.2. The first kappa shape index (κ1) is 18.7. The summed E-state index contributed by atoms with van der Waals surface area (Å²) in [5, 5.41) is 0. The molecule has 0 atom stereocenters. The zero-order valence-electron chi connectivity index (χ0n) is 14.6. The van der Waals surface area contributed by atoms with Crippen molar-refractivity contribution in [2.45, 2.75) is 39.5 Å². The minimum absolute atomic E-state index is 0.105. The van der Waals surface area contributed by atoms with E-state index in [9.17, 15) is 9.18 Å². The van der Waals surface area contributed by atoms with Crippen LogP contribution in [0.25, 0.3) is 0 Å². The average molecular weight is 346 g/mol. The Morgan fingerprint density at radius 2 is 1.84 bits per heavy atom. The van der Waals surface area contributed by atoms with Crippen LogP contribution in [-0.2, 0) is 17.9 Å². The molecule has 134 valence electrons. The second kappa shape index (κ2) is 8.48. The number of hydrazine groups is 1. The van der Waals surface area contributed by atoms with Gasteiger partial charge in [-0.05, 0) is 44.5 Å². The molecule has 6 heteroatoms. The van der Waals surface area contributed by atoms with Crippen molar-refractivity contribution in [3.63, 3.8) is 0 Å². The number of benzene rings is 2. The van der Waals surface area contributed by atoms with Crippen LogP contribution in [-0.4, -0.2) is 11.7 Å². The minimum atomic E-state index is -0.621. The number of ether oxygens (including phenoxy) is 2. The highest BCUT2D eigenvalue weighted by molar-refractivity contribution is 5.66. The van der Waals surface area contributed by atoms with Gasteiger partial charge in [0.2, 0.25) is 0 Å². The highest BCUT2D eigenvalue weighted by atomic mass is 19.1. The Kier molecular flexibility index (Phi) is 6.36. The molecule has 2 rings (SSSR count). The van der Waals surface area contributed by atoms with E-state index in [1.807, 2.05) is 30.3 Å². The van der Waals surface area contributed by atoms with Crippen LogP contribution in [0.3, 0.4) is 0 Å². The highest BCUT2D eigenvalue weighted by Gasteiger charge is 2.15. The van der Waals surface area contributed by atoms with Crippen molar-refractivity contribution in [1.82, 2.24) is 10.9 Å². The van der Waals surface area contributed by atoms with Crippen LogP contribution in [0.4, 0.5) is 9.18 Å².